The first-order valence-corrected chi connectivity index (χ1v) is 9.09. The van der Waals surface area contributed by atoms with E-state index in [9.17, 15) is 14.7 Å². The average Bonchev–Trinajstić information content (AvgIpc) is 3.37. The number of likely N-dealkylation sites (tertiary alicyclic amines) is 1. The molecule has 1 aromatic rings. The number of carbonyl (C=O) groups is 2. The van der Waals surface area contributed by atoms with Gasteiger partial charge >= 0.3 is 5.97 Å². The Bertz CT molecular complexity index is 692. The summed E-state index contributed by atoms with van der Waals surface area (Å²) in [5.74, 6) is -0.851. The zero-order valence-corrected chi connectivity index (χ0v) is 15.5. The summed E-state index contributed by atoms with van der Waals surface area (Å²) in [6, 6.07) is 5.45. The van der Waals surface area contributed by atoms with Gasteiger partial charge in [0.05, 0.1) is 16.7 Å². The number of ether oxygens (including phenoxy) is 1. The summed E-state index contributed by atoms with van der Waals surface area (Å²) in [4.78, 5) is 26.3. The second-order valence-electron chi connectivity index (χ2n) is 7.00. The van der Waals surface area contributed by atoms with E-state index < -0.39 is 11.4 Å². The molecule has 1 aromatic carbocycles. The van der Waals surface area contributed by atoms with E-state index in [2.05, 4.69) is 0 Å². The number of aliphatic carboxylic acids is 1. The molecule has 3 atom stereocenters. The van der Waals surface area contributed by atoms with Gasteiger partial charge in [-0.15, -0.1) is 0 Å². The van der Waals surface area contributed by atoms with Gasteiger partial charge in [-0.25, -0.2) is 0 Å². The lowest BCUT2D eigenvalue weighted by Crippen LogP contribution is -2.52. The Morgan fingerprint density at radius 3 is 2.76 bits per heavy atom. The molecular formula is C18H21Cl2NO4. The zero-order chi connectivity index (χ0) is 18.2. The Kier molecular flexibility index (Phi) is 5.28. The summed E-state index contributed by atoms with van der Waals surface area (Å²) in [6.07, 6.45) is 1.96. The first-order valence-electron chi connectivity index (χ1n) is 8.34. The molecule has 0 spiro atoms. The Balaban J connectivity index is 1.69. The van der Waals surface area contributed by atoms with Gasteiger partial charge < -0.3 is 14.7 Å². The van der Waals surface area contributed by atoms with Crippen molar-refractivity contribution < 1.29 is 19.4 Å². The van der Waals surface area contributed by atoms with Crippen LogP contribution in [0, 0.1) is 11.3 Å². The standard InChI is InChI=1S/C18H21Cl2NO4/c1-25-10-18(17(23)24)5-2-6-21(9-18)16(22)13-8-12(13)11-3-4-14(19)15(20)7-11/h3-4,7,12-13H,2,5-6,8-10H2,1H3,(H,23,24). The van der Waals surface area contributed by atoms with E-state index in [-0.39, 0.29) is 30.9 Å². The normalized spacial score (nSPS) is 28.7. The van der Waals surface area contributed by atoms with E-state index in [1.54, 1.807) is 11.0 Å². The van der Waals surface area contributed by atoms with E-state index in [4.69, 9.17) is 27.9 Å². The van der Waals surface area contributed by atoms with Gasteiger partial charge in [0.2, 0.25) is 5.91 Å². The minimum atomic E-state index is -1.00. The number of hydrogen-bond acceptors (Lipinski definition) is 3. The van der Waals surface area contributed by atoms with E-state index in [0.717, 1.165) is 12.0 Å². The molecule has 25 heavy (non-hydrogen) atoms. The van der Waals surface area contributed by atoms with Crippen LogP contribution in [0.3, 0.4) is 0 Å². The third-order valence-electron chi connectivity index (χ3n) is 5.24. The van der Waals surface area contributed by atoms with E-state index in [1.807, 2.05) is 12.1 Å². The molecule has 0 bridgehead atoms. The van der Waals surface area contributed by atoms with Gasteiger partial charge in [0.25, 0.3) is 0 Å². The highest BCUT2D eigenvalue weighted by Crippen LogP contribution is 2.50. The lowest BCUT2D eigenvalue weighted by molar-refractivity contribution is -0.159. The highest BCUT2D eigenvalue weighted by molar-refractivity contribution is 6.42. The molecule has 2 fully saturated rings. The summed E-state index contributed by atoms with van der Waals surface area (Å²) in [5, 5.41) is 10.6. The topological polar surface area (TPSA) is 66.8 Å². The van der Waals surface area contributed by atoms with Gasteiger partial charge in [-0.3, -0.25) is 9.59 Å². The first kappa shape index (κ1) is 18.5. The van der Waals surface area contributed by atoms with Crippen LogP contribution in [-0.2, 0) is 14.3 Å². The van der Waals surface area contributed by atoms with Gasteiger partial charge in [-0.05, 0) is 42.9 Å². The number of rotatable bonds is 5. The fraction of sp³-hybridized carbons (Fsp3) is 0.556. The molecule has 0 aromatic heterocycles. The summed E-state index contributed by atoms with van der Waals surface area (Å²) < 4.78 is 5.12. The third kappa shape index (κ3) is 3.64. The SMILES string of the molecule is COCC1(C(=O)O)CCCN(C(=O)C2CC2c2ccc(Cl)c(Cl)c2)C1. The minimum absolute atomic E-state index is 0.0255. The maximum atomic E-state index is 12.8. The molecule has 1 heterocycles. The molecule has 1 aliphatic carbocycles. The van der Waals surface area contributed by atoms with Crippen LogP contribution in [-0.4, -0.2) is 48.7 Å². The summed E-state index contributed by atoms with van der Waals surface area (Å²) in [5.41, 5.74) is 0.00235. The van der Waals surface area contributed by atoms with Crippen molar-refractivity contribution in [3.05, 3.63) is 33.8 Å². The Morgan fingerprint density at radius 1 is 1.36 bits per heavy atom. The number of halogens is 2. The van der Waals surface area contributed by atoms with Gasteiger partial charge in [0, 0.05) is 26.1 Å². The second kappa shape index (κ2) is 7.14. The van der Waals surface area contributed by atoms with Crippen molar-refractivity contribution in [3.63, 3.8) is 0 Å². The van der Waals surface area contributed by atoms with Crippen LogP contribution in [0.5, 0.6) is 0 Å². The van der Waals surface area contributed by atoms with Crippen molar-refractivity contribution in [1.82, 2.24) is 4.90 Å². The number of carboxylic acid groups (broad SMARTS) is 1. The molecule has 1 amide bonds. The van der Waals surface area contributed by atoms with Crippen LogP contribution >= 0.6 is 23.2 Å². The Hall–Kier alpha value is -1.30. The highest BCUT2D eigenvalue weighted by atomic mass is 35.5. The quantitative estimate of drug-likeness (QED) is 0.842. The molecule has 3 rings (SSSR count). The summed E-state index contributed by atoms with van der Waals surface area (Å²) >= 11 is 12.0. The lowest BCUT2D eigenvalue weighted by atomic mass is 9.80. The van der Waals surface area contributed by atoms with Crippen molar-refractivity contribution in [1.29, 1.82) is 0 Å². The number of nitrogens with zero attached hydrogens (tertiary/aromatic N) is 1. The Labute approximate surface area is 156 Å². The van der Waals surface area contributed by atoms with Crippen LogP contribution in [0.4, 0.5) is 0 Å². The molecule has 3 unspecified atom stereocenters. The first-order chi connectivity index (χ1) is 11.9. The van der Waals surface area contributed by atoms with Crippen LogP contribution in [0.2, 0.25) is 10.0 Å². The van der Waals surface area contributed by atoms with E-state index >= 15 is 0 Å². The third-order valence-corrected chi connectivity index (χ3v) is 5.98. The van der Waals surface area contributed by atoms with Gasteiger partial charge in [-0.2, -0.15) is 0 Å². The molecule has 1 N–H and O–H groups in total. The van der Waals surface area contributed by atoms with Crippen LogP contribution in [0.1, 0.15) is 30.7 Å². The van der Waals surface area contributed by atoms with Crippen LogP contribution < -0.4 is 0 Å². The number of carbonyl (C=O) groups excluding carboxylic acids is 1. The van der Waals surface area contributed by atoms with Crippen molar-refractivity contribution >= 4 is 35.1 Å². The lowest BCUT2D eigenvalue weighted by Gasteiger charge is -2.39. The monoisotopic (exact) mass is 385 g/mol. The van der Waals surface area contributed by atoms with E-state index in [0.29, 0.717) is 29.4 Å². The number of hydrogen-bond donors (Lipinski definition) is 1. The maximum Gasteiger partial charge on any atom is 0.313 e. The van der Waals surface area contributed by atoms with Crippen molar-refractivity contribution in [2.45, 2.75) is 25.2 Å². The van der Waals surface area contributed by atoms with Gasteiger partial charge in [0.15, 0.2) is 0 Å². The van der Waals surface area contributed by atoms with Crippen molar-refractivity contribution in [3.8, 4) is 0 Å². The molecule has 7 heteroatoms. The molecule has 0 radical (unpaired) electrons. The molecular weight excluding hydrogens is 365 g/mol. The summed E-state index contributed by atoms with van der Waals surface area (Å²) in [6.45, 7) is 0.925. The predicted octanol–water partition coefficient (Wildman–Crippen LogP) is 3.44. The number of benzene rings is 1. The summed E-state index contributed by atoms with van der Waals surface area (Å²) in [7, 11) is 1.49. The average molecular weight is 386 g/mol. The fourth-order valence-electron chi connectivity index (χ4n) is 3.76. The minimum Gasteiger partial charge on any atom is -0.481 e. The van der Waals surface area contributed by atoms with E-state index in [1.165, 1.54) is 7.11 Å². The molecule has 2 aliphatic rings. The number of amides is 1. The van der Waals surface area contributed by atoms with Crippen LogP contribution in [0.15, 0.2) is 18.2 Å². The van der Waals surface area contributed by atoms with Crippen molar-refractivity contribution in [2.75, 3.05) is 26.8 Å². The second-order valence-corrected chi connectivity index (χ2v) is 7.82. The maximum absolute atomic E-state index is 12.8. The smallest absolute Gasteiger partial charge is 0.313 e. The molecule has 5 nitrogen and oxygen atoms in total. The Morgan fingerprint density at radius 2 is 2.12 bits per heavy atom. The number of piperidine rings is 1. The van der Waals surface area contributed by atoms with Gasteiger partial charge in [-0.1, -0.05) is 29.3 Å². The van der Waals surface area contributed by atoms with Gasteiger partial charge in [0.1, 0.15) is 5.41 Å². The molecule has 1 saturated heterocycles. The highest BCUT2D eigenvalue weighted by Gasteiger charge is 2.50. The fourth-order valence-corrected chi connectivity index (χ4v) is 4.07. The number of methoxy groups -OCH3 is 1. The molecule has 136 valence electrons. The zero-order valence-electron chi connectivity index (χ0n) is 14.0. The van der Waals surface area contributed by atoms with Crippen molar-refractivity contribution in [2.24, 2.45) is 11.3 Å². The largest absolute Gasteiger partial charge is 0.481 e. The number of carboxylic acids is 1. The predicted molar refractivity (Wildman–Crippen MR) is 95.1 cm³/mol. The molecule has 1 aliphatic heterocycles. The molecule has 1 saturated carbocycles. The van der Waals surface area contributed by atoms with Crippen LogP contribution in [0.25, 0.3) is 0 Å².